The summed E-state index contributed by atoms with van der Waals surface area (Å²) in [5, 5.41) is 4.33. The Morgan fingerprint density at radius 1 is 1.07 bits per heavy atom. The highest BCUT2D eigenvalue weighted by Crippen LogP contribution is 2.36. The van der Waals surface area contributed by atoms with Crippen molar-refractivity contribution in [3.63, 3.8) is 0 Å². The first-order valence-electron chi connectivity index (χ1n) is 8.36. The van der Waals surface area contributed by atoms with Crippen LogP contribution in [0.15, 0.2) is 30.6 Å². The molecule has 0 atom stereocenters. The van der Waals surface area contributed by atoms with E-state index >= 15 is 0 Å². The lowest BCUT2D eigenvalue weighted by Gasteiger charge is -2.12. The van der Waals surface area contributed by atoms with Crippen molar-refractivity contribution in [2.75, 3.05) is 10.6 Å². The van der Waals surface area contributed by atoms with Crippen LogP contribution in [0, 0.1) is 20.8 Å². The highest BCUT2D eigenvalue weighted by molar-refractivity contribution is 6.31. The molecule has 3 aromatic rings. The van der Waals surface area contributed by atoms with E-state index in [2.05, 4.69) is 25.6 Å². The molecule has 0 bridgehead atoms. The van der Waals surface area contributed by atoms with Gasteiger partial charge in [-0.2, -0.15) is 13.2 Å². The Balaban J connectivity index is 1.72. The Kier molecular flexibility index (Phi) is 5.47. The normalized spacial score (nSPS) is 11.4. The first kappa shape index (κ1) is 20.6. The van der Waals surface area contributed by atoms with Crippen LogP contribution in [-0.4, -0.2) is 25.6 Å². The molecule has 3 rings (SSSR count). The van der Waals surface area contributed by atoms with Gasteiger partial charge in [0.1, 0.15) is 5.82 Å². The molecule has 152 valence electrons. The average Bonchev–Trinajstić information content (AvgIpc) is 2.88. The summed E-state index contributed by atoms with van der Waals surface area (Å²) < 4.78 is 40.5. The third-order valence-electron chi connectivity index (χ3n) is 4.14. The molecule has 0 saturated carbocycles. The van der Waals surface area contributed by atoms with Gasteiger partial charge in [-0.1, -0.05) is 11.6 Å². The van der Waals surface area contributed by atoms with Crippen LogP contribution < -0.4 is 10.6 Å². The van der Waals surface area contributed by atoms with E-state index < -0.39 is 22.8 Å². The maximum atomic E-state index is 12.9. The zero-order valence-corrected chi connectivity index (χ0v) is 16.4. The highest BCUT2D eigenvalue weighted by Gasteiger charge is 2.33. The topological polar surface area (TPSA) is 84.7 Å². The number of urea groups is 1. The molecule has 0 fully saturated rings. The maximum Gasteiger partial charge on any atom is 0.417 e. The summed E-state index contributed by atoms with van der Waals surface area (Å²) in [4.78, 5) is 24.8. The summed E-state index contributed by atoms with van der Waals surface area (Å²) >= 11 is 5.56. The van der Waals surface area contributed by atoms with Crippen molar-refractivity contribution in [3.8, 4) is 5.95 Å². The molecule has 2 amide bonds. The van der Waals surface area contributed by atoms with Crippen LogP contribution in [0.1, 0.15) is 22.8 Å². The standard InChI is InChI=1S/C18H16ClF3N6O/c1-9-10(2)28(11(3)25-9)16-23-7-13(8-24-16)27-17(29)26-12-4-5-15(19)14(6-12)18(20,21)22/h4-8H,1-3H3,(H2,26,27,29). The average molecular weight is 425 g/mol. The molecule has 2 aromatic heterocycles. The van der Waals surface area contributed by atoms with Crippen molar-refractivity contribution >= 4 is 29.0 Å². The molecule has 2 heterocycles. The number of imidazole rings is 1. The fourth-order valence-corrected chi connectivity index (χ4v) is 2.91. The molecular formula is C18H16ClF3N6O. The molecule has 0 saturated heterocycles. The van der Waals surface area contributed by atoms with Crippen molar-refractivity contribution in [1.82, 2.24) is 19.5 Å². The summed E-state index contributed by atoms with van der Waals surface area (Å²) in [6, 6.07) is 2.34. The number of nitrogens with zero attached hydrogens (tertiary/aromatic N) is 4. The number of carbonyl (C=O) groups excluding carboxylic acids is 1. The number of carbonyl (C=O) groups is 1. The smallest absolute Gasteiger partial charge is 0.308 e. The molecule has 0 spiro atoms. The second-order valence-corrected chi connectivity index (χ2v) is 6.62. The Hall–Kier alpha value is -3.14. The lowest BCUT2D eigenvalue weighted by Crippen LogP contribution is -2.20. The summed E-state index contributed by atoms with van der Waals surface area (Å²) in [6.07, 6.45) is -1.85. The fraction of sp³-hybridized carbons (Fsp3) is 0.222. The van der Waals surface area contributed by atoms with Gasteiger partial charge in [0.25, 0.3) is 0 Å². The van der Waals surface area contributed by atoms with Crippen molar-refractivity contribution in [2.45, 2.75) is 26.9 Å². The maximum absolute atomic E-state index is 12.9. The molecule has 2 N–H and O–H groups in total. The SMILES string of the molecule is Cc1nc(C)n(-c2ncc(NC(=O)Nc3ccc(Cl)c(C(F)(F)F)c3)cn2)c1C. The van der Waals surface area contributed by atoms with E-state index in [9.17, 15) is 18.0 Å². The fourth-order valence-electron chi connectivity index (χ4n) is 2.69. The first-order valence-corrected chi connectivity index (χ1v) is 8.74. The van der Waals surface area contributed by atoms with Gasteiger partial charge in [-0.15, -0.1) is 0 Å². The van der Waals surface area contributed by atoms with Gasteiger partial charge in [0.15, 0.2) is 0 Å². The number of halogens is 4. The summed E-state index contributed by atoms with van der Waals surface area (Å²) in [7, 11) is 0. The number of alkyl halides is 3. The number of hydrogen-bond acceptors (Lipinski definition) is 4. The quantitative estimate of drug-likeness (QED) is 0.626. The third-order valence-corrected chi connectivity index (χ3v) is 4.47. The van der Waals surface area contributed by atoms with Crippen LogP contribution >= 0.6 is 11.6 Å². The number of rotatable bonds is 3. The molecule has 0 aliphatic rings. The Labute approximate surface area is 169 Å². The summed E-state index contributed by atoms with van der Waals surface area (Å²) in [5.74, 6) is 1.11. The van der Waals surface area contributed by atoms with Gasteiger partial charge in [0.05, 0.1) is 34.4 Å². The predicted octanol–water partition coefficient (Wildman–Crippen LogP) is 4.90. The molecule has 29 heavy (non-hydrogen) atoms. The van der Waals surface area contributed by atoms with Gasteiger partial charge >= 0.3 is 12.2 Å². The number of hydrogen-bond donors (Lipinski definition) is 2. The molecule has 11 heteroatoms. The minimum absolute atomic E-state index is 0.0584. The van der Waals surface area contributed by atoms with E-state index in [1.165, 1.54) is 18.5 Å². The van der Waals surface area contributed by atoms with Crippen molar-refractivity contribution in [2.24, 2.45) is 0 Å². The summed E-state index contributed by atoms with van der Waals surface area (Å²) in [5.41, 5.74) is 0.921. The van der Waals surface area contributed by atoms with Crippen molar-refractivity contribution in [1.29, 1.82) is 0 Å². The largest absolute Gasteiger partial charge is 0.417 e. The Bertz CT molecular complexity index is 1060. The highest BCUT2D eigenvalue weighted by atomic mass is 35.5. The zero-order chi connectivity index (χ0) is 21.3. The third kappa shape index (κ3) is 4.48. The molecule has 0 unspecified atom stereocenters. The van der Waals surface area contributed by atoms with Crippen LogP contribution in [0.2, 0.25) is 5.02 Å². The number of anilines is 2. The lowest BCUT2D eigenvalue weighted by atomic mass is 10.2. The number of nitrogens with one attached hydrogen (secondary N) is 2. The van der Waals surface area contributed by atoms with Crippen LogP contribution in [0.5, 0.6) is 0 Å². The minimum Gasteiger partial charge on any atom is -0.308 e. The van der Waals surface area contributed by atoms with Gasteiger partial charge in [-0.05, 0) is 39.0 Å². The number of amides is 2. The van der Waals surface area contributed by atoms with Gasteiger partial charge < -0.3 is 10.6 Å². The minimum atomic E-state index is -4.63. The van der Waals surface area contributed by atoms with Gasteiger partial charge in [0.2, 0.25) is 5.95 Å². The monoisotopic (exact) mass is 424 g/mol. The first-order chi connectivity index (χ1) is 13.6. The van der Waals surface area contributed by atoms with Gasteiger partial charge in [0, 0.05) is 11.4 Å². The predicted molar refractivity (Wildman–Crippen MR) is 102 cm³/mol. The number of aromatic nitrogens is 4. The van der Waals surface area contributed by atoms with E-state index in [4.69, 9.17) is 11.6 Å². The molecule has 0 radical (unpaired) electrons. The lowest BCUT2D eigenvalue weighted by molar-refractivity contribution is -0.137. The molecule has 0 aliphatic carbocycles. The zero-order valence-electron chi connectivity index (χ0n) is 15.6. The van der Waals surface area contributed by atoms with E-state index in [-0.39, 0.29) is 11.4 Å². The van der Waals surface area contributed by atoms with E-state index in [0.29, 0.717) is 5.95 Å². The van der Waals surface area contributed by atoms with Crippen LogP contribution in [0.4, 0.5) is 29.3 Å². The van der Waals surface area contributed by atoms with Crippen LogP contribution in [0.3, 0.4) is 0 Å². The second-order valence-electron chi connectivity index (χ2n) is 6.21. The van der Waals surface area contributed by atoms with Gasteiger partial charge in [-0.25, -0.2) is 19.7 Å². The molecule has 0 aliphatic heterocycles. The van der Waals surface area contributed by atoms with Crippen LogP contribution in [-0.2, 0) is 6.18 Å². The van der Waals surface area contributed by atoms with Gasteiger partial charge in [-0.3, -0.25) is 4.57 Å². The van der Waals surface area contributed by atoms with Crippen LogP contribution in [0.25, 0.3) is 5.95 Å². The number of benzene rings is 1. The Morgan fingerprint density at radius 3 is 2.24 bits per heavy atom. The van der Waals surface area contributed by atoms with Crippen molar-refractivity contribution < 1.29 is 18.0 Å². The van der Waals surface area contributed by atoms with Crippen molar-refractivity contribution in [3.05, 3.63) is 58.4 Å². The second kappa shape index (κ2) is 7.70. The molecular weight excluding hydrogens is 409 g/mol. The number of aryl methyl sites for hydroxylation is 2. The van der Waals surface area contributed by atoms with E-state index in [0.717, 1.165) is 29.3 Å². The van der Waals surface area contributed by atoms with E-state index in [1.54, 1.807) is 4.57 Å². The van der Waals surface area contributed by atoms with E-state index in [1.807, 2.05) is 20.8 Å². The molecule has 1 aromatic carbocycles. The Morgan fingerprint density at radius 2 is 1.69 bits per heavy atom. The summed E-state index contributed by atoms with van der Waals surface area (Å²) in [6.45, 7) is 5.59. The molecule has 7 nitrogen and oxygen atoms in total.